The summed E-state index contributed by atoms with van der Waals surface area (Å²) in [6.45, 7) is 1.66. The smallest absolute Gasteiger partial charge is 0.241 e. The second-order valence-electron chi connectivity index (χ2n) is 8.27. The summed E-state index contributed by atoms with van der Waals surface area (Å²) in [5.41, 5.74) is 2.05. The van der Waals surface area contributed by atoms with E-state index in [1.807, 2.05) is 6.07 Å². The average Bonchev–Trinajstić information content (AvgIpc) is 2.66. The van der Waals surface area contributed by atoms with Crippen LogP contribution in [0.5, 0.6) is 5.75 Å². The molecule has 2 radical (unpaired) electrons. The van der Waals surface area contributed by atoms with E-state index in [9.17, 15) is 0 Å². The van der Waals surface area contributed by atoms with Crippen LogP contribution in [-0.2, 0) is 0 Å². The first kappa shape index (κ1) is 21.8. The molecule has 5 heteroatoms. The molecule has 1 aromatic rings. The molecule has 2 unspecified atom stereocenters. The van der Waals surface area contributed by atoms with Crippen LogP contribution in [0.2, 0.25) is 0 Å². The van der Waals surface area contributed by atoms with E-state index in [4.69, 9.17) is 30.6 Å². The van der Waals surface area contributed by atoms with Crippen LogP contribution in [-0.4, -0.2) is 16.8 Å². The summed E-state index contributed by atoms with van der Waals surface area (Å²) in [5, 5.41) is -0.300. The molecule has 0 aliphatic heterocycles. The molecule has 1 nitrogen and oxygen atoms in total. The molecule has 27 heavy (non-hydrogen) atoms. The first-order valence-electron chi connectivity index (χ1n) is 9.98. The minimum atomic E-state index is -1.16. The fraction of sp³-hybridized carbons (Fsp3) is 0.636. The predicted octanol–water partition coefficient (Wildman–Crippen LogP) is 5.22. The zero-order chi connectivity index (χ0) is 19.6. The van der Waals surface area contributed by atoms with Gasteiger partial charge in [-0.05, 0) is 81.1 Å². The molecule has 2 aliphatic carbocycles. The van der Waals surface area contributed by atoms with Crippen molar-refractivity contribution in [2.45, 2.75) is 73.2 Å². The normalized spacial score (nSPS) is 30.9. The lowest BCUT2D eigenvalue weighted by Gasteiger charge is -2.37. The molecule has 144 valence electrons. The van der Waals surface area contributed by atoms with Gasteiger partial charge in [-0.3, -0.25) is 0 Å². The van der Waals surface area contributed by atoms with Crippen LogP contribution >= 0.6 is 43.4 Å². The summed E-state index contributed by atoms with van der Waals surface area (Å²) < 4.78 is 6.64. The Morgan fingerprint density at radius 1 is 1.15 bits per heavy atom. The molecule has 0 spiro atoms. The van der Waals surface area contributed by atoms with E-state index in [1.165, 1.54) is 56.9 Å². The van der Waals surface area contributed by atoms with Crippen molar-refractivity contribution in [3.8, 4) is 18.1 Å². The standard InChI is InChI=1S/C22H28BClIOP/c1-3-22(2,24)26-19-13-12-18(20(23)21(19)27)16-6-4-14(5-7-16)15-8-10-17(25)11-9-15/h1,12-17H,4-11,27H2,2H3. The van der Waals surface area contributed by atoms with Crippen molar-refractivity contribution in [3.63, 3.8) is 0 Å². The lowest BCUT2D eigenvalue weighted by atomic mass is 9.68. The molecular formula is C22H28BClIOP. The average molecular weight is 513 g/mol. The lowest BCUT2D eigenvalue weighted by Crippen LogP contribution is -2.32. The highest BCUT2D eigenvalue weighted by molar-refractivity contribution is 14.1. The third-order valence-electron chi connectivity index (χ3n) is 6.42. The first-order valence-corrected chi connectivity index (χ1v) is 12.2. The van der Waals surface area contributed by atoms with Gasteiger partial charge in [0.1, 0.15) is 13.6 Å². The number of alkyl halides is 2. The number of hydrogen-bond donors (Lipinski definition) is 0. The van der Waals surface area contributed by atoms with Crippen LogP contribution in [0.15, 0.2) is 12.1 Å². The van der Waals surface area contributed by atoms with Crippen molar-refractivity contribution in [2.24, 2.45) is 11.8 Å². The van der Waals surface area contributed by atoms with Crippen molar-refractivity contribution in [1.29, 1.82) is 0 Å². The molecule has 2 fully saturated rings. The van der Waals surface area contributed by atoms with E-state index < -0.39 is 5.06 Å². The highest BCUT2D eigenvalue weighted by atomic mass is 127. The fourth-order valence-electron chi connectivity index (χ4n) is 4.77. The number of ether oxygens (including phenoxy) is 1. The van der Waals surface area contributed by atoms with Crippen LogP contribution in [0.3, 0.4) is 0 Å². The highest BCUT2D eigenvalue weighted by Gasteiger charge is 2.31. The van der Waals surface area contributed by atoms with Gasteiger partial charge in [-0.15, -0.1) is 15.7 Å². The van der Waals surface area contributed by atoms with Crippen molar-refractivity contribution in [2.75, 3.05) is 0 Å². The van der Waals surface area contributed by atoms with Gasteiger partial charge in [0, 0.05) is 16.2 Å². The number of terminal acetylenes is 1. The van der Waals surface area contributed by atoms with Crippen molar-refractivity contribution in [1.82, 2.24) is 0 Å². The molecular weight excluding hydrogens is 484 g/mol. The monoisotopic (exact) mass is 512 g/mol. The quantitative estimate of drug-likeness (QED) is 0.177. The van der Waals surface area contributed by atoms with E-state index in [-0.39, 0.29) is 0 Å². The molecule has 2 saturated carbocycles. The van der Waals surface area contributed by atoms with Gasteiger partial charge < -0.3 is 4.74 Å². The van der Waals surface area contributed by atoms with Gasteiger partial charge in [0.2, 0.25) is 5.06 Å². The van der Waals surface area contributed by atoms with Crippen LogP contribution in [0.1, 0.15) is 69.8 Å². The maximum Gasteiger partial charge on any atom is 0.241 e. The molecule has 0 saturated heterocycles. The van der Waals surface area contributed by atoms with Crippen molar-refractivity contribution < 1.29 is 4.74 Å². The number of halogens is 2. The molecule has 0 N–H and O–H groups in total. The summed E-state index contributed by atoms with van der Waals surface area (Å²) >= 11 is 8.78. The van der Waals surface area contributed by atoms with E-state index >= 15 is 0 Å². The van der Waals surface area contributed by atoms with E-state index in [1.54, 1.807) is 6.92 Å². The Hall–Kier alpha value is 0.0949. The molecule has 0 amide bonds. The second-order valence-corrected chi connectivity index (χ2v) is 11.3. The van der Waals surface area contributed by atoms with Gasteiger partial charge in [-0.2, -0.15) is 0 Å². The zero-order valence-corrected chi connectivity index (χ0v) is 20.1. The Kier molecular flexibility index (Phi) is 7.49. The van der Waals surface area contributed by atoms with E-state index in [0.29, 0.717) is 11.7 Å². The van der Waals surface area contributed by atoms with Gasteiger partial charge in [0.05, 0.1) is 0 Å². The summed E-state index contributed by atoms with van der Waals surface area (Å²) in [6.07, 6.45) is 16.2. The van der Waals surface area contributed by atoms with E-state index in [2.05, 4.69) is 43.8 Å². The molecule has 2 atom stereocenters. The van der Waals surface area contributed by atoms with E-state index in [0.717, 1.165) is 26.5 Å². The molecule has 0 aromatic heterocycles. The third-order valence-corrected chi connectivity index (χ3v) is 8.45. The van der Waals surface area contributed by atoms with Crippen LogP contribution < -0.4 is 15.5 Å². The second kappa shape index (κ2) is 9.27. The van der Waals surface area contributed by atoms with Crippen LogP contribution in [0.4, 0.5) is 0 Å². The summed E-state index contributed by atoms with van der Waals surface area (Å²) in [6, 6.07) is 4.06. The molecule has 0 heterocycles. The number of benzene rings is 1. The van der Waals surface area contributed by atoms with Gasteiger partial charge in [0.15, 0.2) is 0 Å². The zero-order valence-electron chi connectivity index (χ0n) is 16.0. The minimum absolute atomic E-state index is 0.547. The summed E-state index contributed by atoms with van der Waals surface area (Å²) in [4.78, 5) is 0. The lowest BCUT2D eigenvalue weighted by molar-refractivity contribution is 0.190. The SMILES string of the molecule is [B]c1c(C2CCC(C3CCC(I)CC3)CC2)ccc(OC(C)(Cl)C#C)c1P. The maximum atomic E-state index is 6.47. The first-order chi connectivity index (χ1) is 12.8. The van der Waals surface area contributed by atoms with Crippen LogP contribution in [0, 0.1) is 24.2 Å². The number of rotatable bonds is 4. The largest absolute Gasteiger partial charge is 0.461 e. The van der Waals surface area contributed by atoms with Crippen molar-refractivity contribution in [3.05, 3.63) is 17.7 Å². The fourth-order valence-corrected chi connectivity index (χ4v) is 5.89. The minimum Gasteiger partial charge on any atom is -0.461 e. The van der Waals surface area contributed by atoms with Crippen molar-refractivity contribution >= 4 is 62.0 Å². The summed E-state index contributed by atoms with van der Waals surface area (Å²) in [7, 11) is 9.17. The Bertz CT molecular complexity index is 701. The van der Waals surface area contributed by atoms with Gasteiger partial charge >= 0.3 is 0 Å². The Morgan fingerprint density at radius 2 is 1.70 bits per heavy atom. The topological polar surface area (TPSA) is 9.23 Å². The van der Waals surface area contributed by atoms with Gasteiger partial charge in [0.25, 0.3) is 0 Å². The number of hydrogen-bond acceptors (Lipinski definition) is 1. The van der Waals surface area contributed by atoms with Gasteiger partial charge in [-0.1, -0.05) is 51.3 Å². The predicted molar refractivity (Wildman–Crippen MR) is 129 cm³/mol. The Morgan fingerprint density at radius 3 is 2.26 bits per heavy atom. The van der Waals surface area contributed by atoms with Crippen LogP contribution in [0.25, 0.3) is 0 Å². The summed E-state index contributed by atoms with van der Waals surface area (Å²) in [5.74, 6) is 5.50. The molecule has 1 aromatic carbocycles. The Balaban J connectivity index is 1.64. The Labute approximate surface area is 186 Å². The molecule has 0 bridgehead atoms. The van der Waals surface area contributed by atoms with Gasteiger partial charge in [-0.25, -0.2) is 0 Å². The maximum absolute atomic E-state index is 6.47. The third kappa shape index (κ3) is 5.37. The highest BCUT2D eigenvalue weighted by Crippen LogP contribution is 2.43. The molecule has 3 rings (SSSR count). The molecule has 2 aliphatic rings.